The summed E-state index contributed by atoms with van der Waals surface area (Å²) in [7, 11) is 1.45. The summed E-state index contributed by atoms with van der Waals surface area (Å²) in [6.07, 6.45) is 2.15. The predicted molar refractivity (Wildman–Crippen MR) is 109 cm³/mol. The Labute approximate surface area is 158 Å². The van der Waals surface area contributed by atoms with Crippen LogP contribution in [0.25, 0.3) is 0 Å². The van der Waals surface area contributed by atoms with E-state index in [9.17, 15) is 4.79 Å². The largest absolute Gasteiger partial charge is 0.459 e. The third-order valence-corrected chi connectivity index (χ3v) is 3.61. The first-order valence-electron chi connectivity index (χ1n) is 9.21. The smallest absolute Gasteiger partial charge is 0.301 e. The number of ether oxygens (including phenoxy) is 2. The topological polar surface area (TPSA) is 35.5 Å². The Balaban J connectivity index is 0.00000146. The molecule has 0 N–H and O–H groups in total. The molecule has 0 bridgehead atoms. The van der Waals surface area contributed by atoms with Crippen LogP contribution in [-0.2, 0) is 21.7 Å². The zero-order chi connectivity index (χ0) is 20.0. The van der Waals surface area contributed by atoms with E-state index in [1.165, 1.54) is 18.9 Å². The Hall–Kier alpha value is -2.39. The number of aryl methyl sites for hydroxylation is 1. The average Bonchev–Trinajstić information content (AvgIpc) is 2.75. The van der Waals surface area contributed by atoms with Crippen LogP contribution in [0.4, 0.5) is 0 Å². The molecule has 0 heterocycles. The van der Waals surface area contributed by atoms with Crippen molar-refractivity contribution >= 4 is 5.78 Å². The molecule has 0 saturated carbocycles. The number of carbonyl (C=O) groups is 1. The first kappa shape index (κ1) is 23.6. The fraction of sp³-hybridized carbons (Fsp3) is 0.348. The highest BCUT2D eigenvalue weighted by Crippen LogP contribution is 2.31. The molecule has 1 atom stereocenters. The maximum atomic E-state index is 13.0. The van der Waals surface area contributed by atoms with Crippen LogP contribution in [-0.4, -0.2) is 12.9 Å². The second kappa shape index (κ2) is 12.9. The average molecular weight is 357 g/mol. The second-order valence-corrected chi connectivity index (χ2v) is 4.85. The van der Waals surface area contributed by atoms with Crippen molar-refractivity contribution in [3.63, 3.8) is 0 Å². The van der Waals surface area contributed by atoms with Crippen molar-refractivity contribution < 1.29 is 14.3 Å². The lowest BCUT2D eigenvalue weighted by molar-refractivity contribution is -0.159. The van der Waals surface area contributed by atoms with Gasteiger partial charge in [0.2, 0.25) is 5.78 Å². The minimum Gasteiger partial charge on any atom is -0.459 e. The van der Waals surface area contributed by atoms with Crippen LogP contribution >= 0.6 is 0 Å². The molecule has 2 aromatic rings. The molecule has 3 nitrogen and oxygen atoms in total. The third-order valence-electron chi connectivity index (χ3n) is 3.61. The van der Waals surface area contributed by atoms with E-state index in [1.807, 2.05) is 58.0 Å². The lowest BCUT2D eigenvalue weighted by atomic mass is 9.95. The van der Waals surface area contributed by atoms with Crippen LogP contribution in [0.1, 0.15) is 56.1 Å². The van der Waals surface area contributed by atoms with Crippen LogP contribution in [0.15, 0.2) is 67.4 Å². The highest BCUT2D eigenvalue weighted by Gasteiger charge is 2.42. The molecule has 0 amide bonds. The molecule has 2 rings (SSSR count). The SMILES string of the molecule is C=COC(OC)(C(=O)c1ccc(CC)cc1)c1ccccc1.CC.CC. The van der Waals surface area contributed by atoms with Crippen molar-refractivity contribution in [1.29, 1.82) is 0 Å². The van der Waals surface area contributed by atoms with Crippen molar-refractivity contribution in [2.45, 2.75) is 46.8 Å². The number of hydrogen-bond donors (Lipinski definition) is 0. The van der Waals surface area contributed by atoms with Gasteiger partial charge in [-0.15, -0.1) is 0 Å². The van der Waals surface area contributed by atoms with Crippen molar-refractivity contribution in [2.24, 2.45) is 0 Å². The fourth-order valence-corrected chi connectivity index (χ4v) is 2.37. The Morgan fingerprint density at radius 3 is 1.96 bits per heavy atom. The number of methoxy groups -OCH3 is 1. The summed E-state index contributed by atoms with van der Waals surface area (Å²) in [5.41, 5.74) is 2.33. The van der Waals surface area contributed by atoms with Crippen molar-refractivity contribution in [3.8, 4) is 0 Å². The summed E-state index contributed by atoms with van der Waals surface area (Å²) in [6.45, 7) is 13.6. The number of hydrogen-bond acceptors (Lipinski definition) is 3. The minimum atomic E-state index is -1.52. The normalized spacial score (nSPS) is 11.6. The van der Waals surface area contributed by atoms with E-state index in [0.29, 0.717) is 11.1 Å². The minimum absolute atomic E-state index is 0.260. The predicted octanol–water partition coefficient (Wildman–Crippen LogP) is 6.14. The fourth-order valence-electron chi connectivity index (χ4n) is 2.37. The van der Waals surface area contributed by atoms with Crippen molar-refractivity contribution in [1.82, 2.24) is 0 Å². The van der Waals surface area contributed by atoms with Gasteiger partial charge in [0, 0.05) is 18.2 Å². The molecule has 2 aromatic carbocycles. The number of Topliss-reactive ketones (excluding diaryl/α,β-unsaturated/α-hetero) is 1. The van der Waals surface area contributed by atoms with Crippen LogP contribution in [0.3, 0.4) is 0 Å². The molecule has 0 radical (unpaired) electrons. The van der Waals surface area contributed by atoms with E-state index in [2.05, 4.69) is 13.5 Å². The van der Waals surface area contributed by atoms with Gasteiger partial charge in [0.15, 0.2) is 0 Å². The van der Waals surface area contributed by atoms with Crippen LogP contribution in [0, 0.1) is 0 Å². The van der Waals surface area contributed by atoms with E-state index in [-0.39, 0.29) is 5.78 Å². The van der Waals surface area contributed by atoms with E-state index in [0.717, 1.165) is 6.42 Å². The summed E-state index contributed by atoms with van der Waals surface area (Å²) >= 11 is 0. The standard InChI is InChI=1S/C19H20O3.2C2H6/c1-4-15-11-13-16(14-12-15)18(20)19(21-3,22-5-2)17-9-7-6-8-10-17;2*1-2/h5-14H,2,4H2,1,3H3;2*1-2H3. The van der Waals surface area contributed by atoms with E-state index in [1.54, 1.807) is 24.3 Å². The number of carbonyl (C=O) groups excluding carboxylic acids is 1. The maximum absolute atomic E-state index is 13.0. The first-order chi connectivity index (χ1) is 12.7. The molecule has 0 aliphatic carbocycles. The number of benzene rings is 2. The molecule has 1 unspecified atom stereocenters. The van der Waals surface area contributed by atoms with Gasteiger partial charge in [-0.2, -0.15) is 0 Å². The van der Waals surface area contributed by atoms with E-state index in [4.69, 9.17) is 9.47 Å². The zero-order valence-electron chi connectivity index (χ0n) is 16.9. The van der Waals surface area contributed by atoms with E-state index >= 15 is 0 Å². The summed E-state index contributed by atoms with van der Waals surface area (Å²) in [5.74, 6) is -1.78. The molecular weight excluding hydrogens is 324 g/mol. The molecule has 0 saturated heterocycles. The molecule has 142 valence electrons. The lowest BCUT2D eigenvalue weighted by Gasteiger charge is -2.30. The highest BCUT2D eigenvalue weighted by atomic mass is 16.7. The Morgan fingerprint density at radius 1 is 1.00 bits per heavy atom. The maximum Gasteiger partial charge on any atom is 0.301 e. The molecule has 26 heavy (non-hydrogen) atoms. The molecule has 0 aromatic heterocycles. The first-order valence-corrected chi connectivity index (χ1v) is 9.21. The van der Waals surface area contributed by atoms with Crippen molar-refractivity contribution in [3.05, 3.63) is 84.1 Å². The molecule has 0 aliphatic rings. The van der Waals surface area contributed by atoms with Crippen LogP contribution < -0.4 is 0 Å². The Morgan fingerprint density at radius 2 is 1.54 bits per heavy atom. The number of ketones is 1. The summed E-state index contributed by atoms with van der Waals surface area (Å²) < 4.78 is 11.0. The van der Waals surface area contributed by atoms with Gasteiger partial charge in [-0.25, -0.2) is 0 Å². The van der Waals surface area contributed by atoms with Crippen LogP contribution in [0.2, 0.25) is 0 Å². The lowest BCUT2D eigenvalue weighted by Crippen LogP contribution is -2.39. The van der Waals surface area contributed by atoms with Gasteiger partial charge < -0.3 is 9.47 Å². The second-order valence-electron chi connectivity index (χ2n) is 4.85. The van der Waals surface area contributed by atoms with Gasteiger partial charge in [-0.05, 0) is 12.0 Å². The van der Waals surface area contributed by atoms with Gasteiger partial charge in [-0.1, -0.05) is 95.8 Å². The van der Waals surface area contributed by atoms with Crippen LogP contribution in [0.5, 0.6) is 0 Å². The zero-order valence-corrected chi connectivity index (χ0v) is 16.9. The molecule has 3 heteroatoms. The van der Waals surface area contributed by atoms with Gasteiger partial charge in [0.05, 0.1) is 6.26 Å². The Kier molecular flexibility index (Phi) is 11.7. The monoisotopic (exact) mass is 356 g/mol. The Bertz CT molecular complexity index is 632. The summed E-state index contributed by atoms with van der Waals surface area (Å²) in [5, 5.41) is 0. The van der Waals surface area contributed by atoms with Gasteiger partial charge >= 0.3 is 5.79 Å². The van der Waals surface area contributed by atoms with Gasteiger partial charge in [-0.3, -0.25) is 4.79 Å². The molecular formula is C23H32O3. The van der Waals surface area contributed by atoms with Crippen molar-refractivity contribution in [2.75, 3.05) is 7.11 Å². The molecule has 0 fully saturated rings. The summed E-state index contributed by atoms with van der Waals surface area (Å²) in [6, 6.07) is 16.6. The number of rotatable bonds is 7. The molecule has 0 spiro atoms. The van der Waals surface area contributed by atoms with Gasteiger partial charge in [0.1, 0.15) is 0 Å². The van der Waals surface area contributed by atoms with Gasteiger partial charge in [0.25, 0.3) is 0 Å². The summed E-state index contributed by atoms with van der Waals surface area (Å²) in [4.78, 5) is 13.0. The highest BCUT2D eigenvalue weighted by molar-refractivity contribution is 6.02. The third kappa shape index (κ3) is 5.57. The molecule has 0 aliphatic heterocycles. The van der Waals surface area contributed by atoms with E-state index < -0.39 is 5.79 Å². The quantitative estimate of drug-likeness (QED) is 0.339.